The van der Waals surface area contributed by atoms with E-state index in [1.165, 1.54) is 39.5 Å². The molecule has 1 saturated carbocycles. The molecule has 3 nitrogen and oxygen atoms in total. The van der Waals surface area contributed by atoms with Gasteiger partial charge in [0.05, 0.1) is 0 Å². The maximum atomic E-state index is 11.5. The van der Waals surface area contributed by atoms with Crippen LogP contribution in [0.1, 0.15) is 46.5 Å². The summed E-state index contributed by atoms with van der Waals surface area (Å²) in [6.45, 7) is 6.00. The Bertz CT molecular complexity index is 220. The SMILES string of the molecule is CC1CCCCC1CNC(=O)C(C)(C)O. The summed E-state index contributed by atoms with van der Waals surface area (Å²) in [7, 11) is 0. The molecule has 1 aliphatic rings. The first kappa shape index (κ1) is 12.5. The Kier molecular flexibility index (Phi) is 4.14. The highest BCUT2D eigenvalue weighted by Gasteiger charge is 2.26. The predicted molar refractivity (Wildman–Crippen MR) is 60.4 cm³/mol. The van der Waals surface area contributed by atoms with E-state index in [0.717, 1.165) is 0 Å². The number of aliphatic hydroxyl groups is 1. The van der Waals surface area contributed by atoms with Gasteiger partial charge in [0.1, 0.15) is 5.60 Å². The number of rotatable bonds is 3. The van der Waals surface area contributed by atoms with Crippen molar-refractivity contribution in [1.29, 1.82) is 0 Å². The van der Waals surface area contributed by atoms with E-state index in [0.29, 0.717) is 18.4 Å². The second-order valence-electron chi connectivity index (χ2n) is 5.29. The van der Waals surface area contributed by atoms with Gasteiger partial charge in [-0.05, 0) is 32.1 Å². The van der Waals surface area contributed by atoms with Gasteiger partial charge in [0.25, 0.3) is 5.91 Å². The molecule has 1 amide bonds. The van der Waals surface area contributed by atoms with Gasteiger partial charge >= 0.3 is 0 Å². The lowest BCUT2D eigenvalue weighted by Crippen LogP contribution is -2.44. The molecular weight excluding hydrogens is 190 g/mol. The molecule has 15 heavy (non-hydrogen) atoms. The summed E-state index contributed by atoms with van der Waals surface area (Å²) in [4.78, 5) is 11.5. The summed E-state index contributed by atoms with van der Waals surface area (Å²) < 4.78 is 0. The number of carbonyl (C=O) groups excluding carboxylic acids is 1. The highest BCUT2D eigenvalue weighted by atomic mass is 16.3. The van der Waals surface area contributed by atoms with E-state index >= 15 is 0 Å². The van der Waals surface area contributed by atoms with Gasteiger partial charge in [-0.3, -0.25) is 4.79 Å². The lowest BCUT2D eigenvalue weighted by molar-refractivity contribution is -0.136. The average molecular weight is 213 g/mol. The van der Waals surface area contributed by atoms with Gasteiger partial charge in [0.15, 0.2) is 0 Å². The minimum Gasteiger partial charge on any atom is -0.381 e. The summed E-state index contributed by atoms with van der Waals surface area (Å²) in [5.74, 6) is 1.02. The van der Waals surface area contributed by atoms with E-state index in [4.69, 9.17) is 0 Å². The van der Waals surface area contributed by atoms with Crippen LogP contribution in [-0.4, -0.2) is 23.2 Å². The van der Waals surface area contributed by atoms with Crippen LogP contribution in [-0.2, 0) is 4.79 Å². The number of carbonyl (C=O) groups is 1. The van der Waals surface area contributed by atoms with E-state index in [-0.39, 0.29) is 5.91 Å². The first-order chi connectivity index (χ1) is 6.91. The Morgan fingerprint density at radius 2 is 2.00 bits per heavy atom. The van der Waals surface area contributed by atoms with Crippen LogP contribution in [0.4, 0.5) is 0 Å². The number of hydrogen-bond acceptors (Lipinski definition) is 2. The van der Waals surface area contributed by atoms with Crippen molar-refractivity contribution in [2.75, 3.05) is 6.54 Å². The Morgan fingerprint density at radius 3 is 2.53 bits per heavy atom. The zero-order valence-corrected chi connectivity index (χ0v) is 10.0. The third-order valence-electron chi connectivity index (χ3n) is 3.37. The van der Waals surface area contributed by atoms with Gasteiger partial charge < -0.3 is 10.4 Å². The number of nitrogens with one attached hydrogen (secondary N) is 1. The Balaban J connectivity index is 2.33. The van der Waals surface area contributed by atoms with Crippen LogP contribution < -0.4 is 5.32 Å². The Labute approximate surface area is 92.3 Å². The Hall–Kier alpha value is -0.570. The highest BCUT2D eigenvalue weighted by molar-refractivity contribution is 5.83. The molecule has 0 aromatic rings. The molecule has 1 aliphatic carbocycles. The van der Waals surface area contributed by atoms with Crippen molar-refractivity contribution in [1.82, 2.24) is 5.32 Å². The standard InChI is InChI=1S/C12H23NO2/c1-9-6-4-5-7-10(9)8-13-11(14)12(2,3)15/h9-10,15H,4-8H2,1-3H3,(H,13,14). The fourth-order valence-electron chi connectivity index (χ4n) is 2.14. The van der Waals surface area contributed by atoms with Crippen LogP contribution in [0, 0.1) is 11.8 Å². The maximum Gasteiger partial charge on any atom is 0.251 e. The van der Waals surface area contributed by atoms with Crippen molar-refractivity contribution in [2.24, 2.45) is 11.8 Å². The minimum absolute atomic E-state index is 0.264. The zero-order valence-electron chi connectivity index (χ0n) is 10.0. The van der Waals surface area contributed by atoms with Crippen LogP contribution in [0.25, 0.3) is 0 Å². The molecule has 3 heteroatoms. The van der Waals surface area contributed by atoms with Crippen molar-refractivity contribution in [3.05, 3.63) is 0 Å². The van der Waals surface area contributed by atoms with Crippen molar-refractivity contribution >= 4 is 5.91 Å². The molecule has 0 bridgehead atoms. The molecule has 2 atom stereocenters. The molecule has 0 spiro atoms. The lowest BCUT2D eigenvalue weighted by Gasteiger charge is -2.29. The number of hydrogen-bond donors (Lipinski definition) is 2. The zero-order chi connectivity index (χ0) is 11.5. The van der Waals surface area contributed by atoms with Gasteiger partial charge in [-0.2, -0.15) is 0 Å². The molecule has 0 aliphatic heterocycles. The molecule has 1 fully saturated rings. The minimum atomic E-state index is -1.25. The molecule has 0 saturated heterocycles. The van der Waals surface area contributed by atoms with Gasteiger partial charge in [-0.25, -0.2) is 0 Å². The molecule has 0 heterocycles. The van der Waals surface area contributed by atoms with Crippen LogP contribution in [0.3, 0.4) is 0 Å². The van der Waals surface area contributed by atoms with Crippen molar-refractivity contribution in [3.63, 3.8) is 0 Å². The van der Waals surface area contributed by atoms with Crippen LogP contribution >= 0.6 is 0 Å². The summed E-state index contributed by atoms with van der Waals surface area (Å²) in [6, 6.07) is 0. The second kappa shape index (κ2) is 4.97. The number of amides is 1. The molecule has 2 unspecified atom stereocenters. The van der Waals surface area contributed by atoms with Gasteiger partial charge in [0.2, 0.25) is 0 Å². The first-order valence-electron chi connectivity index (χ1n) is 5.92. The normalized spacial score (nSPS) is 27.5. The Morgan fingerprint density at radius 1 is 1.40 bits per heavy atom. The third kappa shape index (κ3) is 3.82. The summed E-state index contributed by atoms with van der Waals surface area (Å²) in [5, 5.41) is 12.3. The van der Waals surface area contributed by atoms with Gasteiger partial charge in [0, 0.05) is 6.54 Å². The molecule has 88 valence electrons. The van der Waals surface area contributed by atoms with Crippen molar-refractivity contribution in [3.8, 4) is 0 Å². The van der Waals surface area contributed by atoms with Gasteiger partial charge in [-0.15, -0.1) is 0 Å². The van der Waals surface area contributed by atoms with Crippen molar-refractivity contribution < 1.29 is 9.90 Å². The first-order valence-corrected chi connectivity index (χ1v) is 5.92. The van der Waals surface area contributed by atoms with E-state index in [9.17, 15) is 9.90 Å². The smallest absolute Gasteiger partial charge is 0.251 e. The molecule has 0 aromatic carbocycles. The van der Waals surface area contributed by atoms with E-state index in [1.807, 2.05) is 0 Å². The summed E-state index contributed by atoms with van der Waals surface area (Å²) >= 11 is 0. The highest BCUT2D eigenvalue weighted by Crippen LogP contribution is 2.28. The topological polar surface area (TPSA) is 49.3 Å². The molecular formula is C12H23NO2. The maximum absolute atomic E-state index is 11.5. The van der Waals surface area contributed by atoms with E-state index in [1.54, 1.807) is 0 Å². The van der Waals surface area contributed by atoms with E-state index < -0.39 is 5.60 Å². The monoisotopic (exact) mass is 213 g/mol. The lowest BCUT2D eigenvalue weighted by atomic mass is 9.80. The van der Waals surface area contributed by atoms with Crippen LogP contribution in [0.2, 0.25) is 0 Å². The van der Waals surface area contributed by atoms with Crippen LogP contribution in [0.15, 0.2) is 0 Å². The molecule has 2 N–H and O–H groups in total. The average Bonchev–Trinajstić information content (AvgIpc) is 2.14. The second-order valence-corrected chi connectivity index (χ2v) is 5.29. The fraction of sp³-hybridized carbons (Fsp3) is 0.917. The van der Waals surface area contributed by atoms with E-state index in [2.05, 4.69) is 12.2 Å². The molecule has 0 radical (unpaired) electrons. The molecule has 0 aromatic heterocycles. The van der Waals surface area contributed by atoms with Crippen molar-refractivity contribution in [2.45, 2.75) is 52.1 Å². The van der Waals surface area contributed by atoms with Crippen LogP contribution in [0.5, 0.6) is 0 Å². The quantitative estimate of drug-likeness (QED) is 0.749. The fourth-order valence-corrected chi connectivity index (χ4v) is 2.14. The summed E-state index contributed by atoms with van der Waals surface area (Å²) in [5.41, 5.74) is -1.25. The predicted octanol–water partition coefficient (Wildman–Crippen LogP) is 1.70. The van der Waals surface area contributed by atoms with Gasteiger partial charge in [-0.1, -0.05) is 26.2 Å². The largest absolute Gasteiger partial charge is 0.381 e. The summed E-state index contributed by atoms with van der Waals surface area (Å²) in [6.07, 6.45) is 5.06. The molecule has 1 rings (SSSR count). The third-order valence-corrected chi connectivity index (χ3v) is 3.37.